The predicted octanol–water partition coefficient (Wildman–Crippen LogP) is -0.0989. The van der Waals surface area contributed by atoms with Gasteiger partial charge in [-0.25, -0.2) is 0 Å². The molecule has 0 bridgehead atoms. The third kappa shape index (κ3) is 4.75. The number of rotatable bonds is 6. The lowest BCUT2D eigenvalue weighted by molar-refractivity contribution is -0.126. The Morgan fingerprint density at radius 2 is 1.95 bits per heavy atom. The van der Waals surface area contributed by atoms with Gasteiger partial charge in [0.1, 0.15) is 0 Å². The van der Waals surface area contributed by atoms with Crippen LogP contribution in [0.1, 0.15) is 26.2 Å². The number of likely N-dealkylation sites (N-methyl/N-ethyl adjacent to an activating group) is 1. The van der Waals surface area contributed by atoms with Gasteiger partial charge in [-0.15, -0.1) is 0 Å². The average molecular weight is 269 g/mol. The fourth-order valence-corrected chi connectivity index (χ4v) is 2.66. The Bertz CT molecular complexity index is 308. The van der Waals surface area contributed by atoms with Gasteiger partial charge in [-0.3, -0.25) is 9.69 Å². The first-order valence-corrected chi connectivity index (χ1v) is 7.37. The molecule has 0 spiro atoms. The molecule has 2 rings (SSSR count). The highest BCUT2D eigenvalue weighted by Gasteiger charge is 2.41. The summed E-state index contributed by atoms with van der Waals surface area (Å²) in [6.45, 7) is 7.73. The molecule has 1 atom stereocenters. The van der Waals surface area contributed by atoms with Gasteiger partial charge in [0.05, 0.1) is 12.0 Å². The van der Waals surface area contributed by atoms with Gasteiger partial charge in [0, 0.05) is 39.3 Å². The molecule has 1 aliphatic heterocycles. The molecule has 2 fully saturated rings. The summed E-state index contributed by atoms with van der Waals surface area (Å²) in [5.41, 5.74) is -0.808. The largest absolute Gasteiger partial charge is 0.389 e. The van der Waals surface area contributed by atoms with Crippen molar-refractivity contribution in [1.29, 1.82) is 0 Å². The molecule has 2 aliphatic rings. The summed E-state index contributed by atoms with van der Waals surface area (Å²) in [6, 6.07) is 0. The molecule has 1 saturated heterocycles. The van der Waals surface area contributed by atoms with Crippen LogP contribution in [0.3, 0.4) is 0 Å². The second-order valence-corrected chi connectivity index (χ2v) is 6.30. The van der Waals surface area contributed by atoms with Crippen LogP contribution in [0.15, 0.2) is 0 Å². The maximum absolute atomic E-state index is 11.8. The molecule has 0 aromatic heterocycles. The Kier molecular flexibility index (Phi) is 4.81. The van der Waals surface area contributed by atoms with Gasteiger partial charge in [0.2, 0.25) is 5.91 Å². The summed E-state index contributed by atoms with van der Waals surface area (Å²) >= 11 is 0. The van der Waals surface area contributed by atoms with E-state index in [4.69, 9.17) is 0 Å². The molecule has 1 aliphatic carbocycles. The molecule has 1 heterocycles. The minimum Gasteiger partial charge on any atom is -0.389 e. The van der Waals surface area contributed by atoms with Gasteiger partial charge in [-0.05, 0) is 32.7 Å². The van der Waals surface area contributed by atoms with Crippen molar-refractivity contribution >= 4 is 5.91 Å². The quantitative estimate of drug-likeness (QED) is 0.707. The van der Waals surface area contributed by atoms with Crippen LogP contribution < -0.4 is 5.32 Å². The Labute approximate surface area is 115 Å². The third-order valence-corrected chi connectivity index (χ3v) is 4.32. The summed E-state index contributed by atoms with van der Waals surface area (Å²) < 4.78 is 0. The van der Waals surface area contributed by atoms with Crippen molar-refractivity contribution in [2.75, 3.05) is 46.3 Å². The number of nitrogens with one attached hydrogen (secondary N) is 1. The molecule has 19 heavy (non-hydrogen) atoms. The van der Waals surface area contributed by atoms with Crippen molar-refractivity contribution in [3.8, 4) is 0 Å². The molecular weight excluding hydrogens is 242 g/mol. The fraction of sp³-hybridized carbons (Fsp3) is 0.929. The number of amides is 1. The van der Waals surface area contributed by atoms with Gasteiger partial charge >= 0.3 is 0 Å². The zero-order valence-electron chi connectivity index (χ0n) is 12.2. The van der Waals surface area contributed by atoms with Gasteiger partial charge in [-0.1, -0.05) is 0 Å². The monoisotopic (exact) mass is 269 g/mol. The highest BCUT2D eigenvalue weighted by molar-refractivity contribution is 5.77. The minimum absolute atomic E-state index is 0.0222. The molecule has 1 unspecified atom stereocenters. The Hall–Kier alpha value is -0.650. The van der Waals surface area contributed by atoms with E-state index in [1.807, 2.05) is 0 Å². The Morgan fingerprint density at radius 1 is 1.32 bits per heavy atom. The van der Waals surface area contributed by atoms with Crippen molar-refractivity contribution in [3.05, 3.63) is 0 Å². The topological polar surface area (TPSA) is 55.8 Å². The maximum atomic E-state index is 11.8. The number of carbonyl (C=O) groups excluding carboxylic acids is 1. The predicted molar refractivity (Wildman–Crippen MR) is 74.9 cm³/mol. The number of piperazine rings is 1. The van der Waals surface area contributed by atoms with Gasteiger partial charge in [-0.2, -0.15) is 0 Å². The third-order valence-electron chi connectivity index (χ3n) is 4.32. The van der Waals surface area contributed by atoms with E-state index in [0.29, 0.717) is 12.5 Å². The molecule has 110 valence electrons. The van der Waals surface area contributed by atoms with Crippen LogP contribution in [0.5, 0.6) is 0 Å². The zero-order valence-corrected chi connectivity index (χ0v) is 12.2. The summed E-state index contributed by atoms with van der Waals surface area (Å²) in [5.74, 6) is 0.307. The number of nitrogens with zero attached hydrogens (tertiary/aromatic N) is 2. The van der Waals surface area contributed by atoms with Crippen molar-refractivity contribution in [2.45, 2.75) is 31.8 Å². The normalized spacial score (nSPS) is 25.0. The summed E-state index contributed by atoms with van der Waals surface area (Å²) in [6.07, 6.45) is 2.35. The zero-order chi connectivity index (χ0) is 13.9. The highest BCUT2D eigenvalue weighted by atomic mass is 16.3. The lowest BCUT2D eigenvalue weighted by Gasteiger charge is -2.32. The van der Waals surface area contributed by atoms with Gasteiger partial charge < -0.3 is 15.3 Å². The molecular formula is C14H27N3O2. The first-order chi connectivity index (χ1) is 8.97. The maximum Gasteiger partial charge on any atom is 0.222 e. The van der Waals surface area contributed by atoms with Crippen molar-refractivity contribution < 1.29 is 9.90 Å². The van der Waals surface area contributed by atoms with E-state index in [-0.39, 0.29) is 12.3 Å². The molecule has 5 heteroatoms. The van der Waals surface area contributed by atoms with E-state index in [0.717, 1.165) is 45.6 Å². The first-order valence-electron chi connectivity index (χ1n) is 7.37. The standard InChI is InChI=1S/C14H27N3O2/c1-14(19,12-3-4-12)11-13(18)15-5-6-17-9-7-16(2)8-10-17/h12,19H,3-11H2,1-2H3,(H,15,18). The van der Waals surface area contributed by atoms with Crippen LogP contribution >= 0.6 is 0 Å². The van der Waals surface area contributed by atoms with Crippen LogP contribution in [0.4, 0.5) is 0 Å². The molecule has 2 N–H and O–H groups in total. The van der Waals surface area contributed by atoms with Crippen LogP contribution in [-0.2, 0) is 4.79 Å². The molecule has 1 saturated carbocycles. The SMILES string of the molecule is CN1CCN(CCNC(=O)CC(C)(O)C2CC2)CC1. The fourth-order valence-electron chi connectivity index (χ4n) is 2.66. The Balaban J connectivity index is 1.58. The van der Waals surface area contributed by atoms with E-state index < -0.39 is 5.60 Å². The number of carbonyl (C=O) groups is 1. The van der Waals surface area contributed by atoms with E-state index >= 15 is 0 Å². The van der Waals surface area contributed by atoms with E-state index in [1.165, 1.54) is 0 Å². The Morgan fingerprint density at radius 3 is 2.53 bits per heavy atom. The van der Waals surface area contributed by atoms with Crippen LogP contribution in [0, 0.1) is 5.92 Å². The van der Waals surface area contributed by atoms with Crippen LogP contribution in [0.2, 0.25) is 0 Å². The summed E-state index contributed by atoms with van der Waals surface area (Å²) in [7, 11) is 2.14. The molecule has 5 nitrogen and oxygen atoms in total. The smallest absolute Gasteiger partial charge is 0.222 e. The molecule has 0 aromatic rings. The second kappa shape index (κ2) is 6.20. The molecule has 0 radical (unpaired) electrons. The van der Waals surface area contributed by atoms with Crippen molar-refractivity contribution in [2.24, 2.45) is 5.92 Å². The average Bonchev–Trinajstić information content (AvgIpc) is 3.15. The lowest BCUT2D eigenvalue weighted by atomic mass is 9.96. The molecule has 1 amide bonds. The lowest BCUT2D eigenvalue weighted by Crippen LogP contribution is -2.47. The number of hydrogen-bond acceptors (Lipinski definition) is 4. The second-order valence-electron chi connectivity index (χ2n) is 6.30. The van der Waals surface area contributed by atoms with Crippen LogP contribution in [-0.4, -0.2) is 72.7 Å². The van der Waals surface area contributed by atoms with E-state index in [2.05, 4.69) is 22.2 Å². The van der Waals surface area contributed by atoms with Crippen LogP contribution in [0.25, 0.3) is 0 Å². The minimum atomic E-state index is -0.808. The van der Waals surface area contributed by atoms with Gasteiger partial charge in [0.25, 0.3) is 0 Å². The van der Waals surface area contributed by atoms with E-state index in [9.17, 15) is 9.90 Å². The summed E-state index contributed by atoms with van der Waals surface area (Å²) in [5, 5.41) is 13.1. The summed E-state index contributed by atoms with van der Waals surface area (Å²) in [4.78, 5) is 16.5. The number of aliphatic hydroxyl groups is 1. The van der Waals surface area contributed by atoms with Gasteiger partial charge in [0.15, 0.2) is 0 Å². The highest BCUT2D eigenvalue weighted by Crippen LogP contribution is 2.41. The first kappa shape index (κ1) is 14.8. The van der Waals surface area contributed by atoms with Crippen molar-refractivity contribution in [1.82, 2.24) is 15.1 Å². The van der Waals surface area contributed by atoms with Crippen molar-refractivity contribution in [3.63, 3.8) is 0 Å². The van der Waals surface area contributed by atoms with E-state index in [1.54, 1.807) is 6.92 Å². The number of hydrogen-bond donors (Lipinski definition) is 2. The molecule has 0 aromatic carbocycles.